The highest BCUT2D eigenvalue weighted by Crippen LogP contribution is 2.27. The highest BCUT2D eigenvalue weighted by atomic mass is 32.2. The highest BCUT2D eigenvalue weighted by molar-refractivity contribution is 7.99. The summed E-state index contributed by atoms with van der Waals surface area (Å²) in [6, 6.07) is 11.9. The Morgan fingerprint density at radius 1 is 1.11 bits per heavy atom. The minimum absolute atomic E-state index is 0.275. The number of hydrogen-bond acceptors (Lipinski definition) is 4. The molecule has 27 heavy (non-hydrogen) atoms. The minimum atomic E-state index is -2.50. The first-order valence-corrected chi connectivity index (χ1v) is 9.82. The van der Waals surface area contributed by atoms with Gasteiger partial charge in [0.25, 0.3) is 11.7 Å². The fraction of sp³-hybridized carbons (Fsp3) is 0.111. The first kappa shape index (κ1) is 19.4. The molecule has 3 rings (SSSR count). The molecule has 0 unspecified atom stereocenters. The number of rotatable bonds is 6. The number of nitrogens with one attached hydrogen (secondary N) is 1. The second-order valence-corrected chi connectivity index (χ2v) is 7.14. The molecule has 4 nitrogen and oxygen atoms in total. The summed E-state index contributed by atoms with van der Waals surface area (Å²) in [4.78, 5) is 17.3. The summed E-state index contributed by atoms with van der Waals surface area (Å²) in [6.45, 7) is 0. The fourth-order valence-corrected chi connectivity index (χ4v) is 3.44. The maximum Gasteiger partial charge on any atom is 0.288 e. The van der Waals surface area contributed by atoms with Crippen LogP contribution in [0, 0.1) is 5.82 Å². The Hall–Kier alpha value is -2.39. The van der Waals surface area contributed by atoms with Crippen LogP contribution in [-0.2, 0) is 0 Å². The predicted molar refractivity (Wildman–Crippen MR) is 102 cm³/mol. The van der Waals surface area contributed by atoms with E-state index in [0.29, 0.717) is 33.2 Å². The molecule has 0 saturated carbocycles. The van der Waals surface area contributed by atoms with Crippen molar-refractivity contribution in [3.8, 4) is 5.69 Å². The number of aromatic nitrogens is 2. The maximum absolute atomic E-state index is 13.2. The number of halogens is 3. The molecule has 1 amide bonds. The van der Waals surface area contributed by atoms with Crippen molar-refractivity contribution in [2.24, 2.45) is 0 Å². The van der Waals surface area contributed by atoms with Crippen molar-refractivity contribution in [1.29, 1.82) is 0 Å². The molecule has 0 radical (unpaired) electrons. The lowest BCUT2D eigenvalue weighted by molar-refractivity contribution is 0.102. The van der Waals surface area contributed by atoms with Gasteiger partial charge in [-0.15, -0.1) is 0 Å². The van der Waals surface area contributed by atoms with E-state index in [1.54, 1.807) is 28.8 Å². The summed E-state index contributed by atoms with van der Waals surface area (Å²) in [6.07, 6.45) is 3.26. The zero-order valence-corrected chi connectivity index (χ0v) is 15.7. The van der Waals surface area contributed by atoms with Gasteiger partial charge in [-0.1, -0.05) is 23.5 Å². The van der Waals surface area contributed by atoms with Crippen LogP contribution in [0.4, 0.5) is 18.9 Å². The molecule has 0 aliphatic carbocycles. The van der Waals surface area contributed by atoms with E-state index in [9.17, 15) is 18.0 Å². The predicted octanol–water partition coefficient (Wildman–Crippen LogP) is 5.30. The van der Waals surface area contributed by atoms with Crippen LogP contribution < -0.4 is 5.32 Å². The number of imidazole rings is 1. The van der Waals surface area contributed by atoms with Crippen molar-refractivity contribution >= 4 is 35.1 Å². The SMILES string of the molecule is CSc1ncc(C(=O)Nc2ccc(SC(F)F)cc2)n1-c1ccc(F)cc1. The van der Waals surface area contributed by atoms with E-state index in [1.807, 2.05) is 6.26 Å². The van der Waals surface area contributed by atoms with Crippen LogP contribution in [0.1, 0.15) is 10.5 Å². The van der Waals surface area contributed by atoms with E-state index >= 15 is 0 Å². The van der Waals surface area contributed by atoms with Gasteiger partial charge in [0.2, 0.25) is 0 Å². The summed E-state index contributed by atoms with van der Waals surface area (Å²) in [5.74, 6) is -3.29. The zero-order chi connectivity index (χ0) is 19.4. The minimum Gasteiger partial charge on any atom is -0.321 e. The molecule has 1 aromatic heterocycles. The fourth-order valence-electron chi connectivity index (χ4n) is 2.39. The van der Waals surface area contributed by atoms with E-state index in [2.05, 4.69) is 10.3 Å². The topological polar surface area (TPSA) is 46.9 Å². The van der Waals surface area contributed by atoms with Gasteiger partial charge in [-0.3, -0.25) is 9.36 Å². The number of nitrogens with zero attached hydrogens (tertiary/aromatic N) is 2. The Morgan fingerprint density at radius 2 is 1.78 bits per heavy atom. The first-order chi connectivity index (χ1) is 13.0. The van der Waals surface area contributed by atoms with Crippen LogP contribution in [0.3, 0.4) is 0 Å². The third-order valence-corrected chi connectivity index (χ3v) is 4.94. The van der Waals surface area contributed by atoms with Crippen molar-refractivity contribution in [2.45, 2.75) is 15.8 Å². The van der Waals surface area contributed by atoms with Gasteiger partial charge in [0.15, 0.2) is 5.16 Å². The number of thioether (sulfide) groups is 2. The van der Waals surface area contributed by atoms with Crippen molar-refractivity contribution in [3.05, 3.63) is 66.2 Å². The van der Waals surface area contributed by atoms with E-state index < -0.39 is 11.7 Å². The summed E-state index contributed by atoms with van der Waals surface area (Å²) < 4.78 is 39.6. The third-order valence-electron chi connectivity index (χ3n) is 3.57. The first-order valence-electron chi connectivity index (χ1n) is 7.72. The average molecular weight is 409 g/mol. The molecule has 140 valence electrons. The lowest BCUT2D eigenvalue weighted by Gasteiger charge is -2.11. The van der Waals surface area contributed by atoms with Crippen LogP contribution in [0.25, 0.3) is 5.69 Å². The summed E-state index contributed by atoms with van der Waals surface area (Å²) in [7, 11) is 0. The molecule has 0 fully saturated rings. The quantitative estimate of drug-likeness (QED) is 0.561. The molecule has 1 N–H and O–H groups in total. The monoisotopic (exact) mass is 409 g/mol. The van der Waals surface area contributed by atoms with Gasteiger partial charge in [-0.05, 0) is 54.8 Å². The normalized spacial score (nSPS) is 11.0. The second kappa shape index (κ2) is 8.53. The average Bonchev–Trinajstić information content (AvgIpc) is 3.08. The number of carbonyl (C=O) groups excluding carboxylic acids is 1. The van der Waals surface area contributed by atoms with E-state index in [0.717, 1.165) is 0 Å². The molecule has 2 aromatic carbocycles. The molecule has 0 aliphatic heterocycles. The van der Waals surface area contributed by atoms with Gasteiger partial charge >= 0.3 is 0 Å². The Morgan fingerprint density at radius 3 is 2.37 bits per heavy atom. The standard InChI is InChI=1S/C18H14F3N3OS2/c1-26-18-22-10-15(24(18)13-6-2-11(19)3-7-13)16(25)23-12-4-8-14(9-5-12)27-17(20)21/h2-10,17H,1H3,(H,23,25). The molecule has 0 saturated heterocycles. The Bertz CT molecular complexity index is 928. The smallest absolute Gasteiger partial charge is 0.288 e. The molecule has 0 bridgehead atoms. The molecule has 0 atom stereocenters. The second-order valence-electron chi connectivity index (χ2n) is 5.30. The number of carbonyl (C=O) groups is 1. The molecular weight excluding hydrogens is 395 g/mol. The molecule has 1 heterocycles. The molecule has 3 aromatic rings. The van der Waals surface area contributed by atoms with Crippen molar-refractivity contribution in [2.75, 3.05) is 11.6 Å². The lowest BCUT2D eigenvalue weighted by Crippen LogP contribution is -2.16. The molecule has 0 aliphatic rings. The highest BCUT2D eigenvalue weighted by Gasteiger charge is 2.18. The summed E-state index contributed by atoms with van der Waals surface area (Å²) in [5, 5.41) is 3.30. The Kier molecular flexibility index (Phi) is 6.12. The van der Waals surface area contributed by atoms with E-state index in [1.165, 1.54) is 42.2 Å². The van der Waals surface area contributed by atoms with Gasteiger partial charge in [-0.25, -0.2) is 9.37 Å². The Balaban J connectivity index is 1.85. The maximum atomic E-state index is 13.2. The van der Waals surface area contributed by atoms with Crippen molar-refractivity contribution < 1.29 is 18.0 Å². The molecule has 0 spiro atoms. The zero-order valence-electron chi connectivity index (χ0n) is 14.0. The van der Waals surface area contributed by atoms with Crippen LogP contribution in [0.2, 0.25) is 0 Å². The summed E-state index contributed by atoms with van der Waals surface area (Å²) in [5.41, 5.74) is 1.35. The van der Waals surface area contributed by atoms with Crippen LogP contribution >= 0.6 is 23.5 Å². The van der Waals surface area contributed by atoms with Gasteiger partial charge in [0, 0.05) is 16.3 Å². The van der Waals surface area contributed by atoms with Crippen molar-refractivity contribution in [1.82, 2.24) is 9.55 Å². The van der Waals surface area contributed by atoms with Gasteiger partial charge in [0.05, 0.1) is 6.20 Å². The van der Waals surface area contributed by atoms with Gasteiger partial charge < -0.3 is 5.32 Å². The number of anilines is 1. The number of hydrogen-bond donors (Lipinski definition) is 1. The molecular formula is C18H14F3N3OS2. The summed E-state index contributed by atoms with van der Waals surface area (Å²) >= 11 is 1.79. The number of amides is 1. The Labute approximate surface area is 162 Å². The number of benzene rings is 2. The van der Waals surface area contributed by atoms with Crippen LogP contribution in [0.15, 0.2) is 64.8 Å². The van der Waals surface area contributed by atoms with Crippen LogP contribution in [0.5, 0.6) is 0 Å². The number of alkyl halides is 2. The van der Waals surface area contributed by atoms with E-state index in [4.69, 9.17) is 0 Å². The third kappa shape index (κ3) is 4.67. The van der Waals surface area contributed by atoms with Gasteiger partial charge in [0.1, 0.15) is 11.5 Å². The van der Waals surface area contributed by atoms with Crippen LogP contribution in [-0.4, -0.2) is 27.5 Å². The van der Waals surface area contributed by atoms with Gasteiger partial charge in [-0.2, -0.15) is 8.78 Å². The lowest BCUT2D eigenvalue weighted by atomic mass is 10.3. The van der Waals surface area contributed by atoms with E-state index in [-0.39, 0.29) is 11.5 Å². The molecule has 9 heteroatoms. The van der Waals surface area contributed by atoms with Crippen molar-refractivity contribution in [3.63, 3.8) is 0 Å². The largest absolute Gasteiger partial charge is 0.321 e.